The number of aromatic nitrogens is 1. The maximum absolute atomic E-state index is 10.9. The lowest BCUT2D eigenvalue weighted by atomic mass is 9.98. The maximum atomic E-state index is 10.9. The molecule has 1 aromatic heterocycles. The zero-order valence-corrected chi connectivity index (χ0v) is 9.86. The van der Waals surface area contributed by atoms with Gasteiger partial charge in [0.1, 0.15) is 5.75 Å². The molecule has 0 unspecified atom stereocenters. The molecule has 0 aliphatic heterocycles. The van der Waals surface area contributed by atoms with Crippen LogP contribution in [-0.4, -0.2) is 23.2 Å². The molecular weight excluding hydrogens is 206 g/mol. The molecule has 16 heavy (non-hydrogen) atoms. The molecule has 4 nitrogen and oxygen atoms in total. The summed E-state index contributed by atoms with van der Waals surface area (Å²) in [5, 5.41) is 8.94. The predicted octanol–water partition coefficient (Wildman–Crippen LogP) is 2.69. The molecule has 0 aliphatic carbocycles. The van der Waals surface area contributed by atoms with Crippen LogP contribution in [0.5, 0.6) is 5.75 Å². The Bertz CT molecular complexity index is 373. The number of hydrogen-bond acceptors (Lipinski definition) is 3. The highest BCUT2D eigenvalue weighted by Crippen LogP contribution is 2.25. The van der Waals surface area contributed by atoms with E-state index in [0.29, 0.717) is 5.75 Å². The minimum atomic E-state index is -1.02. The van der Waals surface area contributed by atoms with Crippen LogP contribution in [-0.2, 0) is 0 Å². The van der Waals surface area contributed by atoms with Gasteiger partial charge in [0.05, 0.1) is 7.11 Å². The second-order valence-electron chi connectivity index (χ2n) is 3.64. The van der Waals surface area contributed by atoms with Crippen molar-refractivity contribution >= 4 is 5.97 Å². The molecule has 0 saturated carbocycles. The topological polar surface area (TPSA) is 59.4 Å². The van der Waals surface area contributed by atoms with Gasteiger partial charge in [-0.3, -0.25) is 0 Å². The van der Waals surface area contributed by atoms with Gasteiger partial charge < -0.3 is 9.84 Å². The number of hydrogen-bond donors (Lipinski definition) is 1. The van der Waals surface area contributed by atoms with Gasteiger partial charge in [-0.05, 0) is 12.8 Å². The van der Waals surface area contributed by atoms with Gasteiger partial charge in [0.25, 0.3) is 0 Å². The van der Waals surface area contributed by atoms with E-state index < -0.39 is 5.97 Å². The normalized spacial score (nSPS) is 10.5. The summed E-state index contributed by atoms with van der Waals surface area (Å²) >= 11 is 0. The van der Waals surface area contributed by atoms with E-state index in [0.717, 1.165) is 18.5 Å². The van der Waals surface area contributed by atoms with Gasteiger partial charge in [-0.2, -0.15) is 0 Å². The molecule has 0 radical (unpaired) electrons. The van der Waals surface area contributed by atoms with E-state index in [1.165, 1.54) is 13.2 Å². The Morgan fingerprint density at radius 1 is 1.44 bits per heavy atom. The molecule has 1 aromatic rings. The fraction of sp³-hybridized carbons (Fsp3) is 0.500. The third-order valence-corrected chi connectivity index (χ3v) is 2.68. The number of nitrogens with zero attached hydrogens (tertiary/aromatic N) is 1. The number of methoxy groups -OCH3 is 1. The van der Waals surface area contributed by atoms with Gasteiger partial charge in [-0.1, -0.05) is 13.8 Å². The van der Waals surface area contributed by atoms with Gasteiger partial charge >= 0.3 is 5.97 Å². The van der Waals surface area contributed by atoms with Crippen LogP contribution in [0.15, 0.2) is 12.1 Å². The first-order chi connectivity index (χ1) is 7.62. The van der Waals surface area contributed by atoms with E-state index >= 15 is 0 Å². The second kappa shape index (κ2) is 5.49. The van der Waals surface area contributed by atoms with E-state index in [4.69, 9.17) is 9.84 Å². The van der Waals surface area contributed by atoms with Crippen LogP contribution in [0.3, 0.4) is 0 Å². The molecule has 0 atom stereocenters. The number of carboxylic acids is 1. The summed E-state index contributed by atoms with van der Waals surface area (Å²) in [6.07, 6.45) is 1.88. The summed E-state index contributed by atoms with van der Waals surface area (Å²) in [5.41, 5.74) is 0.836. The van der Waals surface area contributed by atoms with Crippen LogP contribution in [0, 0.1) is 0 Å². The highest BCUT2D eigenvalue weighted by atomic mass is 16.5. The molecular formula is C12H17NO3. The summed E-state index contributed by atoms with van der Waals surface area (Å²) in [6.45, 7) is 4.13. The van der Waals surface area contributed by atoms with E-state index in [1.807, 2.05) is 6.07 Å². The van der Waals surface area contributed by atoms with Crippen molar-refractivity contribution in [2.45, 2.75) is 32.6 Å². The van der Waals surface area contributed by atoms with Crippen molar-refractivity contribution in [2.24, 2.45) is 0 Å². The Morgan fingerprint density at radius 3 is 2.50 bits per heavy atom. The second-order valence-corrected chi connectivity index (χ2v) is 3.64. The van der Waals surface area contributed by atoms with Crippen LogP contribution in [0.1, 0.15) is 48.8 Å². The number of ether oxygens (including phenoxy) is 1. The summed E-state index contributed by atoms with van der Waals surface area (Å²) in [6, 6.07) is 3.25. The van der Waals surface area contributed by atoms with Crippen LogP contribution < -0.4 is 4.74 Å². The Kier molecular flexibility index (Phi) is 4.28. The Hall–Kier alpha value is -1.58. The zero-order chi connectivity index (χ0) is 12.1. The van der Waals surface area contributed by atoms with Crippen molar-refractivity contribution in [1.82, 2.24) is 4.98 Å². The lowest BCUT2D eigenvalue weighted by Crippen LogP contribution is -2.07. The van der Waals surface area contributed by atoms with Gasteiger partial charge in [0.2, 0.25) is 0 Å². The number of aromatic carboxylic acids is 1. The Labute approximate surface area is 95.3 Å². The average molecular weight is 223 g/mol. The Morgan fingerprint density at radius 2 is 2.06 bits per heavy atom. The predicted molar refractivity (Wildman–Crippen MR) is 61.1 cm³/mol. The number of rotatable bonds is 5. The molecule has 1 N–H and O–H groups in total. The average Bonchev–Trinajstić information content (AvgIpc) is 2.30. The highest BCUT2D eigenvalue weighted by Gasteiger charge is 2.14. The van der Waals surface area contributed by atoms with Crippen LogP contribution in [0.2, 0.25) is 0 Å². The quantitative estimate of drug-likeness (QED) is 0.833. The number of pyridine rings is 1. The molecule has 0 bridgehead atoms. The van der Waals surface area contributed by atoms with Crippen molar-refractivity contribution < 1.29 is 14.6 Å². The van der Waals surface area contributed by atoms with Crippen LogP contribution in [0.4, 0.5) is 0 Å². The Balaban J connectivity index is 3.17. The van der Waals surface area contributed by atoms with E-state index in [-0.39, 0.29) is 11.6 Å². The molecule has 0 saturated heterocycles. The molecule has 0 aromatic carbocycles. The minimum Gasteiger partial charge on any atom is -0.497 e. The molecule has 0 spiro atoms. The molecule has 0 fully saturated rings. The third-order valence-electron chi connectivity index (χ3n) is 2.68. The maximum Gasteiger partial charge on any atom is 0.354 e. The summed E-state index contributed by atoms with van der Waals surface area (Å²) in [5.74, 6) is -0.186. The van der Waals surface area contributed by atoms with Crippen molar-refractivity contribution in [3.05, 3.63) is 23.5 Å². The first-order valence-electron chi connectivity index (χ1n) is 5.41. The van der Waals surface area contributed by atoms with Gasteiger partial charge in [0, 0.05) is 23.7 Å². The molecule has 1 rings (SSSR count). The van der Waals surface area contributed by atoms with Crippen molar-refractivity contribution in [2.75, 3.05) is 7.11 Å². The van der Waals surface area contributed by atoms with Gasteiger partial charge in [0.15, 0.2) is 5.69 Å². The largest absolute Gasteiger partial charge is 0.497 e. The van der Waals surface area contributed by atoms with Crippen molar-refractivity contribution in [3.8, 4) is 5.75 Å². The number of carboxylic acid groups (broad SMARTS) is 1. The molecule has 0 aliphatic rings. The van der Waals surface area contributed by atoms with Crippen molar-refractivity contribution in [3.63, 3.8) is 0 Å². The monoisotopic (exact) mass is 223 g/mol. The van der Waals surface area contributed by atoms with E-state index in [1.54, 1.807) is 0 Å². The van der Waals surface area contributed by atoms with E-state index in [9.17, 15) is 4.79 Å². The first kappa shape index (κ1) is 12.5. The summed E-state index contributed by atoms with van der Waals surface area (Å²) in [7, 11) is 1.53. The SMILES string of the molecule is CCC(CC)c1cc(OC)cc(C(=O)O)n1. The first-order valence-corrected chi connectivity index (χ1v) is 5.41. The molecule has 88 valence electrons. The van der Waals surface area contributed by atoms with Gasteiger partial charge in [-0.25, -0.2) is 9.78 Å². The van der Waals surface area contributed by atoms with E-state index in [2.05, 4.69) is 18.8 Å². The van der Waals surface area contributed by atoms with Crippen LogP contribution in [0.25, 0.3) is 0 Å². The number of carbonyl (C=O) groups is 1. The molecule has 1 heterocycles. The fourth-order valence-corrected chi connectivity index (χ4v) is 1.67. The summed E-state index contributed by atoms with van der Waals surface area (Å²) in [4.78, 5) is 15.0. The molecule has 0 amide bonds. The smallest absolute Gasteiger partial charge is 0.354 e. The summed E-state index contributed by atoms with van der Waals surface area (Å²) < 4.78 is 5.08. The zero-order valence-electron chi connectivity index (χ0n) is 9.86. The minimum absolute atomic E-state index is 0.0428. The molecule has 4 heteroatoms. The van der Waals surface area contributed by atoms with Crippen molar-refractivity contribution in [1.29, 1.82) is 0 Å². The lowest BCUT2D eigenvalue weighted by Gasteiger charge is -2.13. The lowest BCUT2D eigenvalue weighted by molar-refractivity contribution is 0.0689. The van der Waals surface area contributed by atoms with Gasteiger partial charge in [-0.15, -0.1) is 0 Å². The third kappa shape index (κ3) is 2.72. The highest BCUT2D eigenvalue weighted by molar-refractivity contribution is 5.85. The fourth-order valence-electron chi connectivity index (χ4n) is 1.67. The standard InChI is InChI=1S/C12H17NO3/c1-4-8(5-2)10-6-9(16-3)7-11(13-10)12(14)15/h6-8H,4-5H2,1-3H3,(H,14,15). The van der Waals surface area contributed by atoms with Crippen LogP contribution >= 0.6 is 0 Å².